The zero-order chi connectivity index (χ0) is 17.7. The second kappa shape index (κ2) is 7.46. The van der Waals surface area contributed by atoms with E-state index in [0.717, 1.165) is 18.2 Å². The number of hydrogen-bond donors (Lipinski definition) is 1. The molecule has 0 aliphatic carbocycles. The molecule has 1 amide bonds. The van der Waals surface area contributed by atoms with Gasteiger partial charge in [-0.25, -0.2) is 8.78 Å². The third kappa shape index (κ3) is 4.01. The predicted molar refractivity (Wildman–Crippen MR) is 75.3 cm³/mol. The first kappa shape index (κ1) is 17.3. The van der Waals surface area contributed by atoms with E-state index < -0.39 is 30.2 Å². The molecule has 0 radical (unpaired) electrons. The van der Waals surface area contributed by atoms with Crippen molar-refractivity contribution in [2.24, 2.45) is 0 Å². The molecule has 1 N–H and O–H groups in total. The number of ether oxygens (including phenoxy) is 1. The number of nitrogens with one attached hydrogen (secondary N) is 1. The quantitative estimate of drug-likeness (QED) is 0.848. The van der Waals surface area contributed by atoms with Gasteiger partial charge in [-0.15, -0.1) is 0 Å². The summed E-state index contributed by atoms with van der Waals surface area (Å²) in [6.45, 7) is -3.14. The van der Waals surface area contributed by atoms with Crippen molar-refractivity contribution in [3.8, 4) is 11.8 Å². The Morgan fingerprint density at radius 3 is 2.50 bits per heavy atom. The van der Waals surface area contributed by atoms with Crippen LogP contribution in [0.5, 0.6) is 5.75 Å². The molecule has 2 rings (SSSR count). The molecule has 24 heavy (non-hydrogen) atoms. The number of alkyl halides is 2. The molecule has 1 unspecified atom stereocenters. The minimum absolute atomic E-state index is 0.249. The molecule has 0 spiro atoms. The summed E-state index contributed by atoms with van der Waals surface area (Å²) < 4.78 is 55.6. The van der Waals surface area contributed by atoms with Crippen LogP contribution in [0, 0.1) is 23.0 Å². The average Bonchev–Trinajstić information content (AvgIpc) is 2.53. The fourth-order valence-corrected chi connectivity index (χ4v) is 1.98. The summed E-state index contributed by atoms with van der Waals surface area (Å²) in [6.07, 6.45) is 0. The zero-order valence-electron chi connectivity index (χ0n) is 12.0. The maximum absolute atomic E-state index is 13.7. The zero-order valence-corrected chi connectivity index (χ0v) is 12.0. The maximum atomic E-state index is 13.7. The van der Waals surface area contributed by atoms with Gasteiger partial charge >= 0.3 is 6.61 Å². The number of halogens is 4. The molecule has 0 saturated carbocycles. The van der Waals surface area contributed by atoms with E-state index in [-0.39, 0.29) is 16.9 Å². The second-order valence-electron chi connectivity index (χ2n) is 4.58. The summed E-state index contributed by atoms with van der Waals surface area (Å²) in [6, 6.07) is 7.90. The Morgan fingerprint density at radius 2 is 1.88 bits per heavy atom. The van der Waals surface area contributed by atoms with Gasteiger partial charge < -0.3 is 10.1 Å². The van der Waals surface area contributed by atoms with Crippen molar-refractivity contribution in [3.63, 3.8) is 0 Å². The van der Waals surface area contributed by atoms with Gasteiger partial charge in [-0.05, 0) is 18.2 Å². The third-order valence-corrected chi connectivity index (χ3v) is 3.03. The van der Waals surface area contributed by atoms with Crippen molar-refractivity contribution in [1.29, 1.82) is 5.26 Å². The highest BCUT2D eigenvalue weighted by Crippen LogP contribution is 2.22. The summed E-state index contributed by atoms with van der Waals surface area (Å²) in [4.78, 5) is 12.2. The molecule has 0 saturated heterocycles. The number of nitriles is 1. The molecule has 0 aliphatic rings. The van der Waals surface area contributed by atoms with Crippen LogP contribution in [-0.4, -0.2) is 12.5 Å². The Morgan fingerprint density at radius 1 is 1.17 bits per heavy atom. The lowest BCUT2D eigenvalue weighted by Crippen LogP contribution is -2.28. The smallest absolute Gasteiger partial charge is 0.387 e. The lowest BCUT2D eigenvalue weighted by Gasteiger charge is -2.15. The van der Waals surface area contributed by atoms with Gasteiger partial charge in [0.2, 0.25) is 0 Å². The largest absolute Gasteiger partial charge is 0.434 e. The van der Waals surface area contributed by atoms with Crippen molar-refractivity contribution in [1.82, 2.24) is 5.32 Å². The lowest BCUT2D eigenvalue weighted by molar-refractivity contribution is -0.0501. The maximum Gasteiger partial charge on any atom is 0.387 e. The summed E-state index contributed by atoms with van der Waals surface area (Å²) in [7, 11) is 0. The number of hydrogen-bond acceptors (Lipinski definition) is 3. The van der Waals surface area contributed by atoms with Crippen LogP contribution >= 0.6 is 0 Å². The van der Waals surface area contributed by atoms with Crippen LogP contribution < -0.4 is 10.1 Å². The van der Waals surface area contributed by atoms with Crippen LogP contribution in [0.3, 0.4) is 0 Å². The van der Waals surface area contributed by atoms with Crippen molar-refractivity contribution in [3.05, 3.63) is 65.2 Å². The number of carbonyl (C=O) groups excluding carboxylic acids is 1. The molecule has 0 heterocycles. The highest BCUT2D eigenvalue weighted by atomic mass is 19.3. The van der Waals surface area contributed by atoms with E-state index in [2.05, 4.69) is 10.1 Å². The van der Waals surface area contributed by atoms with Gasteiger partial charge in [-0.3, -0.25) is 4.79 Å². The first-order chi connectivity index (χ1) is 11.4. The van der Waals surface area contributed by atoms with Gasteiger partial charge in [0.15, 0.2) is 0 Å². The topological polar surface area (TPSA) is 62.1 Å². The lowest BCUT2D eigenvalue weighted by atomic mass is 10.1. The highest BCUT2D eigenvalue weighted by molar-refractivity contribution is 5.97. The normalized spacial score (nSPS) is 11.7. The van der Waals surface area contributed by atoms with E-state index in [4.69, 9.17) is 5.26 Å². The number of nitrogens with zero attached hydrogens (tertiary/aromatic N) is 1. The van der Waals surface area contributed by atoms with Gasteiger partial charge in [0, 0.05) is 11.6 Å². The first-order valence-electron chi connectivity index (χ1n) is 6.61. The summed E-state index contributed by atoms with van der Waals surface area (Å²) in [5, 5.41) is 11.3. The van der Waals surface area contributed by atoms with Gasteiger partial charge in [-0.1, -0.05) is 18.2 Å². The number of amides is 1. The van der Waals surface area contributed by atoms with Crippen LogP contribution in [0.4, 0.5) is 17.6 Å². The molecule has 0 bridgehead atoms. The summed E-state index contributed by atoms with van der Waals surface area (Å²) >= 11 is 0. The van der Waals surface area contributed by atoms with Crippen molar-refractivity contribution < 1.29 is 27.1 Å². The van der Waals surface area contributed by atoms with Crippen LogP contribution in [0.1, 0.15) is 22.0 Å². The minimum Gasteiger partial charge on any atom is -0.434 e. The standard InChI is InChI=1S/C16H10F4N2O2/c17-9-5-6-10(12(18)7-9)13(8-21)22-15(23)11-3-1-2-4-14(11)24-16(19)20/h1-7,13,16H,(H,22,23). The molecule has 0 aromatic heterocycles. The van der Waals surface area contributed by atoms with Gasteiger partial charge in [-0.2, -0.15) is 14.0 Å². The predicted octanol–water partition coefficient (Wildman–Crippen LogP) is 3.56. The Hall–Kier alpha value is -3.08. The van der Waals surface area contributed by atoms with Gasteiger partial charge in [0.05, 0.1) is 11.6 Å². The molecule has 124 valence electrons. The molecular formula is C16H10F4N2O2. The molecule has 4 nitrogen and oxygen atoms in total. The average molecular weight is 338 g/mol. The Balaban J connectivity index is 2.26. The van der Waals surface area contributed by atoms with E-state index in [1.807, 2.05) is 0 Å². The Bertz CT molecular complexity index is 790. The fraction of sp³-hybridized carbons (Fsp3) is 0.125. The van der Waals surface area contributed by atoms with Crippen molar-refractivity contribution in [2.45, 2.75) is 12.7 Å². The van der Waals surface area contributed by atoms with E-state index in [0.29, 0.717) is 6.07 Å². The summed E-state index contributed by atoms with van der Waals surface area (Å²) in [5.74, 6) is -3.16. The van der Waals surface area contributed by atoms with E-state index in [9.17, 15) is 22.4 Å². The van der Waals surface area contributed by atoms with E-state index in [1.54, 1.807) is 6.07 Å². The van der Waals surface area contributed by atoms with Crippen molar-refractivity contribution >= 4 is 5.91 Å². The molecular weight excluding hydrogens is 328 g/mol. The van der Waals surface area contributed by atoms with Gasteiger partial charge in [0.25, 0.3) is 5.91 Å². The SMILES string of the molecule is N#CC(NC(=O)c1ccccc1OC(F)F)c1ccc(F)cc1F. The number of para-hydroxylation sites is 1. The van der Waals surface area contributed by atoms with E-state index in [1.165, 1.54) is 18.2 Å². The minimum atomic E-state index is -3.14. The monoisotopic (exact) mass is 338 g/mol. The van der Waals surface area contributed by atoms with Crippen LogP contribution in [0.25, 0.3) is 0 Å². The number of carbonyl (C=O) groups is 1. The van der Waals surface area contributed by atoms with Crippen LogP contribution in [0.2, 0.25) is 0 Å². The fourth-order valence-electron chi connectivity index (χ4n) is 1.98. The second-order valence-corrected chi connectivity index (χ2v) is 4.58. The van der Waals surface area contributed by atoms with E-state index >= 15 is 0 Å². The molecule has 2 aromatic carbocycles. The Kier molecular flexibility index (Phi) is 5.37. The molecule has 2 aromatic rings. The van der Waals surface area contributed by atoms with Crippen LogP contribution in [-0.2, 0) is 0 Å². The number of benzene rings is 2. The molecule has 1 atom stereocenters. The Labute approximate surface area is 134 Å². The first-order valence-corrected chi connectivity index (χ1v) is 6.61. The summed E-state index contributed by atoms with van der Waals surface area (Å²) in [5.41, 5.74) is -0.500. The third-order valence-electron chi connectivity index (χ3n) is 3.03. The number of rotatable bonds is 5. The van der Waals surface area contributed by atoms with Gasteiger partial charge in [0.1, 0.15) is 23.4 Å². The molecule has 8 heteroatoms. The van der Waals surface area contributed by atoms with Crippen LogP contribution in [0.15, 0.2) is 42.5 Å². The highest BCUT2D eigenvalue weighted by Gasteiger charge is 2.21. The van der Waals surface area contributed by atoms with Crippen molar-refractivity contribution in [2.75, 3.05) is 0 Å². The molecule has 0 aliphatic heterocycles. The molecule has 0 fully saturated rings.